The van der Waals surface area contributed by atoms with Crippen molar-refractivity contribution in [2.45, 2.75) is 32.4 Å². The molecule has 2 saturated heterocycles. The number of guanidine groups is 1. The maximum Gasteiger partial charge on any atom is 0.191 e. The molecule has 0 spiro atoms. The van der Waals surface area contributed by atoms with Crippen LogP contribution in [-0.4, -0.2) is 86.7 Å². The number of aromatic nitrogens is 1. The molecule has 0 aromatic carbocycles. The van der Waals surface area contributed by atoms with E-state index in [0.717, 1.165) is 57.6 Å². The second kappa shape index (κ2) is 11.8. The normalized spacial score (nSPS) is 21.5. The molecule has 0 bridgehead atoms. The highest BCUT2D eigenvalue weighted by Gasteiger charge is 2.22. The maximum absolute atomic E-state index is 4.57. The Morgan fingerprint density at radius 1 is 1.21 bits per heavy atom. The zero-order valence-electron chi connectivity index (χ0n) is 17.5. The average Bonchev–Trinajstić information content (AvgIpc) is 3.16. The zero-order valence-corrected chi connectivity index (χ0v) is 19.9. The lowest BCUT2D eigenvalue weighted by Crippen LogP contribution is -2.45. The van der Waals surface area contributed by atoms with Gasteiger partial charge in [-0.15, -0.1) is 24.0 Å². The summed E-state index contributed by atoms with van der Waals surface area (Å²) in [6, 6.07) is 4.90. The van der Waals surface area contributed by atoms with Gasteiger partial charge in [-0.1, -0.05) is 6.92 Å². The van der Waals surface area contributed by atoms with Gasteiger partial charge in [-0.25, -0.2) is 4.98 Å². The summed E-state index contributed by atoms with van der Waals surface area (Å²) < 4.78 is 0. The van der Waals surface area contributed by atoms with Gasteiger partial charge in [0.25, 0.3) is 0 Å². The van der Waals surface area contributed by atoms with Crippen molar-refractivity contribution in [3.8, 4) is 0 Å². The molecule has 158 valence electrons. The van der Waals surface area contributed by atoms with Crippen LogP contribution in [0.25, 0.3) is 0 Å². The van der Waals surface area contributed by atoms with E-state index in [2.05, 4.69) is 61.4 Å². The van der Waals surface area contributed by atoms with Crippen LogP contribution in [0.15, 0.2) is 23.3 Å². The van der Waals surface area contributed by atoms with Crippen molar-refractivity contribution in [3.63, 3.8) is 0 Å². The maximum atomic E-state index is 4.57. The Morgan fingerprint density at radius 3 is 2.71 bits per heavy atom. The van der Waals surface area contributed by atoms with E-state index < -0.39 is 0 Å². The van der Waals surface area contributed by atoms with Gasteiger partial charge in [-0.3, -0.25) is 9.89 Å². The molecule has 8 heteroatoms. The number of pyridine rings is 1. The Hall–Kier alpha value is -1.13. The van der Waals surface area contributed by atoms with E-state index in [4.69, 9.17) is 0 Å². The molecule has 28 heavy (non-hydrogen) atoms. The summed E-state index contributed by atoms with van der Waals surface area (Å²) in [5, 5.41) is 6.94. The summed E-state index contributed by atoms with van der Waals surface area (Å²) in [7, 11) is 4.01. The van der Waals surface area contributed by atoms with E-state index in [1.807, 2.05) is 13.2 Å². The first-order chi connectivity index (χ1) is 13.2. The summed E-state index contributed by atoms with van der Waals surface area (Å²) in [5.74, 6) is 1.95. The SMILES string of the molecule is CCN1CCCC1CNC(=NC)NCc1ccnc(N2CCN(C)CC2)c1.I. The third-order valence-corrected chi connectivity index (χ3v) is 5.73. The molecule has 0 aliphatic carbocycles. The van der Waals surface area contributed by atoms with Crippen LogP contribution >= 0.6 is 24.0 Å². The molecule has 0 saturated carbocycles. The smallest absolute Gasteiger partial charge is 0.191 e. The predicted molar refractivity (Wildman–Crippen MR) is 128 cm³/mol. The number of nitrogens with zero attached hydrogens (tertiary/aromatic N) is 5. The van der Waals surface area contributed by atoms with Gasteiger partial charge in [0.05, 0.1) is 0 Å². The van der Waals surface area contributed by atoms with Gasteiger partial charge in [0, 0.05) is 58.6 Å². The minimum Gasteiger partial charge on any atom is -0.355 e. The molecule has 7 nitrogen and oxygen atoms in total. The third-order valence-electron chi connectivity index (χ3n) is 5.73. The Kier molecular flexibility index (Phi) is 9.73. The predicted octanol–water partition coefficient (Wildman–Crippen LogP) is 1.60. The van der Waals surface area contributed by atoms with Crippen LogP contribution in [-0.2, 0) is 6.54 Å². The highest BCUT2D eigenvalue weighted by molar-refractivity contribution is 14.0. The number of anilines is 1. The lowest BCUT2D eigenvalue weighted by atomic mass is 10.2. The molecular weight excluding hydrogens is 465 g/mol. The van der Waals surface area contributed by atoms with Crippen LogP contribution < -0.4 is 15.5 Å². The Morgan fingerprint density at radius 2 is 2.00 bits per heavy atom. The fraction of sp³-hybridized carbons (Fsp3) is 0.700. The molecule has 1 atom stereocenters. The number of aliphatic imine (C=N–C) groups is 1. The summed E-state index contributed by atoms with van der Waals surface area (Å²) in [6.45, 7) is 10.6. The fourth-order valence-corrected chi connectivity index (χ4v) is 3.94. The summed E-state index contributed by atoms with van der Waals surface area (Å²) in [4.78, 5) is 16.2. The van der Waals surface area contributed by atoms with Gasteiger partial charge in [-0.2, -0.15) is 0 Å². The zero-order chi connectivity index (χ0) is 19.1. The monoisotopic (exact) mass is 501 g/mol. The fourth-order valence-electron chi connectivity index (χ4n) is 3.94. The van der Waals surface area contributed by atoms with Crippen molar-refractivity contribution in [2.75, 3.05) is 64.8 Å². The van der Waals surface area contributed by atoms with Gasteiger partial charge >= 0.3 is 0 Å². The van der Waals surface area contributed by atoms with Crippen molar-refractivity contribution in [3.05, 3.63) is 23.9 Å². The van der Waals surface area contributed by atoms with Gasteiger partial charge in [0.15, 0.2) is 5.96 Å². The molecule has 2 aliphatic heterocycles. The van der Waals surface area contributed by atoms with Gasteiger partial charge in [0.1, 0.15) is 5.82 Å². The number of nitrogens with one attached hydrogen (secondary N) is 2. The molecule has 1 aromatic heterocycles. The first kappa shape index (κ1) is 23.2. The van der Waals surface area contributed by atoms with E-state index in [-0.39, 0.29) is 24.0 Å². The second-order valence-electron chi connectivity index (χ2n) is 7.54. The topological polar surface area (TPSA) is 59.0 Å². The highest BCUT2D eigenvalue weighted by Crippen LogP contribution is 2.16. The van der Waals surface area contributed by atoms with Crippen LogP contribution in [0.4, 0.5) is 5.82 Å². The number of halogens is 1. The molecule has 2 fully saturated rings. The largest absolute Gasteiger partial charge is 0.355 e. The summed E-state index contributed by atoms with van der Waals surface area (Å²) >= 11 is 0. The first-order valence-corrected chi connectivity index (χ1v) is 10.3. The number of piperazine rings is 1. The van der Waals surface area contributed by atoms with Crippen LogP contribution in [0.2, 0.25) is 0 Å². The molecule has 3 heterocycles. The quantitative estimate of drug-likeness (QED) is 0.351. The molecule has 1 aromatic rings. The van der Waals surface area contributed by atoms with Crippen LogP contribution in [0.5, 0.6) is 0 Å². The van der Waals surface area contributed by atoms with E-state index in [9.17, 15) is 0 Å². The average molecular weight is 501 g/mol. The lowest BCUT2D eigenvalue weighted by Gasteiger charge is -2.33. The number of likely N-dealkylation sites (N-methyl/N-ethyl adjacent to an activating group) is 2. The van der Waals surface area contributed by atoms with Crippen molar-refractivity contribution in [1.29, 1.82) is 0 Å². The Balaban J connectivity index is 0.00000280. The number of rotatable bonds is 6. The van der Waals surface area contributed by atoms with Crippen LogP contribution in [0, 0.1) is 0 Å². The Bertz CT molecular complexity index is 616. The molecule has 3 rings (SSSR count). The van der Waals surface area contributed by atoms with Crippen molar-refractivity contribution in [2.24, 2.45) is 4.99 Å². The van der Waals surface area contributed by atoms with E-state index in [1.165, 1.54) is 24.9 Å². The standard InChI is InChI=1S/C20H35N7.HI/c1-4-26-9-5-6-18(26)16-24-20(21-2)23-15-17-7-8-22-19(14-17)27-12-10-25(3)11-13-27;/h7-8,14,18H,4-6,9-13,15-16H2,1-3H3,(H2,21,23,24);1H. The first-order valence-electron chi connectivity index (χ1n) is 10.3. The highest BCUT2D eigenvalue weighted by atomic mass is 127. The van der Waals surface area contributed by atoms with E-state index in [1.54, 1.807) is 0 Å². The number of likely N-dealkylation sites (tertiary alicyclic amines) is 1. The van der Waals surface area contributed by atoms with Crippen molar-refractivity contribution < 1.29 is 0 Å². The van der Waals surface area contributed by atoms with Gasteiger partial charge in [0.2, 0.25) is 0 Å². The molecule has 2 N–H and O–H groups in total. The minimum atomic E-state index is 0. The third kappa shape index (κ3) is 6.45. The van der Waals surface area contributed by atoms with Crippen molar-refractivity contribution >= 4 is 35.8 Å². The van der Waals surface area contributed by atoms with Crippen LogP contribution in [0.1, 0.15) is 25.3 Å². The molecule has 1 unspecified atom stereocenters. The molecule has 2 aliphatic rings. The lowest BCUT2D eigenvalue weighted by molar-refractivity contribution is 0.267. The van der Waals surface area contributed by atoms with Crippen molar-refractivity contribution in [1.82, 2.24) is 25.4 Å². The molecular formula is C20H36IN7. The molecule has 0 radical (unpaired) electrons. The second-order valence-corrected chi connectivity index (χ2v) is 7.54. The summed E-state index contributed by atoms with van der Waals surface area (Å²) in [5.41, 5.74) is 1.23. The van der Waals surface area contributed by atoms with Gasteiger partial charge in [-0.05, 0) is 50.7 Å². The van der Waals surface area contributed by atoms with E-state index >= 15 is 0 Å². The molecule has 0 amide bonds. The Labute approximate surface area is 187 Å². The summed E-state index contributed by atoms with van der Waals surface area (Å²) in [6.07, 6.45) is 4.49. The number of hydrogen-bond acceptors (Lipinski definition) is 5. The minimum absolute atomic E-state index is 0. The number of hydrogen-bond donors (Lipinski definition) is 2. The van der Waals surface area contributed by atoms with Crippen LogP contribution in [0.3, 0.4) is 0 Å². The van der Waals surface area contributed by atoms with Gasteiger partial charge < -0.3 is 20.4 Å². The van der Waals surface area contributed by atoms with E-state index in [0.29, 0.717) is 6.04 Å².